The molecule has 0 aromatic heterocycles. The van der Waals surface area contributed by atoms with Crippen LogP contribution in [-0.2, 0) is 6.42 Å². The average molecular weight is 403 g/mol. The van der Waals surface area contributed by atoms with Crippen molar-refractivity contribution in [2.75, 3.05) is 7.11 Å². The van der Waals surface area contributed by atoms with Gasteiger partial charge in [0.15, 0.2) is 0 Å². The number of hydrogen-bond donors (Lipinski definition) is 1. The van der Waals surface area contributed by atoms with Gasteiger partial charge in [0.1, 0.15) is 11.6 Å². The zero-order valence-electron chi connectivity index (χ0n) is 10.9. The van der Waals surface area contributed by atoms with Crippen molar-refractivity contribution >= 4 is 31.9 Å². The molecule has 20 heavy (non-hydrogen) atoms. The summed E-state index contributed by atoms with van der Waals surface area (Å²) >= 11 is 6.62. The molecule has 0 aliphatic rings. The minimum atomic E-state index is -0.291. The second-order valence-corrected chi connectivity index (χ2v) is 6.21. The van der Waals surface area contributed by atoms with Gasteiger partial charge in [0.05, 0.1) is 11.6 Å². The molecule has 106 valence electrons. The van der Waals surface area contributed by atoms with Gasteiger partial charge in [-0.3, -0.25) is 0 Å². The molecule has 0 bridgehead atoms. The van der Waals surface area contributed by atoms with E-state index in [0.29, 0.717) is 10.9 Å². The lowest BCUT2D eigenvalue weighted by Gasteiger charge is -2.15. The third-order valence-electron chi connectivity index (χ3n) is 3.05. The van der Waals surface area contributed by atoms with Crippen molar-refractivity contribution in [3.05, 3.63) is 62.3 Å². The van der Waals surface area contributed by atoms with Gasteiger partial charge in [0, 0.05) is 10.5 Å². The van der Waals surface area contributed by atoms with E-state index in [1.54, 1.807) is 19.2 Å². The van der Waals surface area contributed by atoms with Crippen LogP contribution in [0, 0.1) is 5.82 Å². The molecular formula is C15H14Br2FNO. The van der Waals surface area contributed by atoms with E-state index in [0.717, 1.165) is 21.3 Å². The van der Waals surface area contributed by atoms with Crippen LogP contribution in [0.25, 0.3) is 0 Å². The first-order valence-electron chi connectivity index (χ1n) is 6.04. The van der Waals surface area contributed by atoms with Gasteiger partial charge in [-0.2, -0.15) is 0 Å². The van der Waals surface area contributed by atoms with Gasteiger partial charge in [-0.15, -0.1) is 0 Å². The van der Waals surface area contributed by atoms with Crippen LogP contribution < -0.4 is 10.5 Å². The van der Waals surface area contributed by atoms with Gasteiger partial charge >= 0.3 is 0 Å². The van der Waals surface area contributed by atoms with Crippen molar-refractivity contribution in [2.45, 2.75) is 12.5 Å². The molecule has 2 nitrogen and oxygen atoms in total. The van der Waals surface area contributed by atoms with Crippen molar-refractivity contribution in [3.8, 4) is 5.75 Å². The maximum Gasteiger partial charge on any atom is 0.137 e. The molecule has 0 saturated carbocycles. The molecule has 2 N–H and O–H groups in total. The quantitative estimate of drug-likeness (QED) is 0.810. The molecule has 2 aromatic rings. The van der Waals surface area contributed by atoms with Crippen molar-refractivity contribution in [2.24, 2.45) is 5.73 Å². The Morgan fingerprint density at radius 2 is 1.95 bits per heavy atom. The molecule has 0 spiro atoms. The number of methoxy groups -OCH3 is 1. The van der Waals surface area contributed by atoms with Crippen LogP contribution in [0.5, 0.6) is 5.75 Å². The number of hydrogen-bond acceptors (Lipinski definition) is 2. The zero-order chi connectivity index (χ0) is 14.7. The first-order chi connectivity index (χ1) is 9.51. The summed E-state index contributed by atoms with van der Waals surface area (Å²) in [6.07, 6.45) is 0.612. The summed E-state index contributed by atoms with van der Waals surface area (Å²) in [5.74, 6) is 0.505. The molecule has 0 aliphatic carbocycles. The standard InChI is InChI=1S/C15H14Br2FNO/c1-20-15-5-3-11(16)6-10(15)8-14(19)9-2-4-13(18)12(17)7-9/h2-7,14H,8,19H2,1H3. The summed E-state index contributed by atoms with van der Waals surface area (Å²) in [7, 11) is 1.63. The second kappa shape index (κ2) is 6.70. The Kier molecular flexibility index (Phi) is 5.18. The van der Waals surface area contributed by atoms with Crippen LogP contribution in [0.2, 0.25) is 0 Å². The Hall–Kier alpha value is -0.910. The Balaban J connectivity index is 2.24. The smallest absolute Gasteiger partial charge is 0.137 e. The molecule has 1 atom stereocenters. The highest BCUT2D eigenvalue weighted by Gasteiger charge is 2.13. The van der Waals surface area contributed by atoms with Crippen LogP contribution in [0.3, 0.4) is 0 Å². The van der Waals surface area contributed by atoms with E-state index in [4.69, 9.17) is 10.5 Å². The number of benzene rings is 2. The lowest BCUT2D eigenvalue weighted by molar-refractivity contribution is 0.408. The summed E-state index contributed by atoms with van der Waals surface area (Å²) < 4.78 is 20.0. The Morgan fingerprint density at radius 1 is 1.20 bits per heavy atom. The van der Waals surface area contributed by atoms with Gasteiger partial charge in [0.25, 0.3) is 0 Å². The van der Waals surface area contributed by atoms with Crippen molar-refractivity contribution < 1.29 is 9.13 Å². The minimum absolute atomic E-state index is 0.227. The molecule has 0 amide bonds. The number of halogens is 3. The topological polar surface area (TPSA) is 35.2 Å². The number of nitrogens with two attached hydrogens (primary N) is 1. The van der Waals surface area contributed by atoms with Gasteiger partial charge in [-0.25, -0.2) is 4.39 Å². The summed E-state index contributed by atoms with van der Waals surface area (Å²) in [4.78, 5) is 0. The Labute approximate surface area is 134 Å². The monoisotopic (exact) mass is 401 g/mol. The van der Waals surface area contributed by atoms with Crippen LogP contribution in [0.15, 0.2) is 45.3 Å². The number of rotatable bonds is 4. The zero-order valence-corrected chi connectivity index (χ0v) is 14.0. The average Bonchev–Trinajstić information content (AvgIpc) is 2.42. The van der Waals surface area contributed by atoms with E-state index in [9.17, 15) is 4.39 Å². The minimum Gasteiger partial charge on any atom is -0.496 e. The predicted octanol–water partition coefficient (Wildman–Crippen LogP) is 4.60. The van der Waals surface area contributed by atoms with Gasteiger partial charge in [-0.1, -0.05) is 22.0 Å². The molecular weight excluding hydrogens is 389 g/mol. The summed E-state index contributed by atoms with van der Waals surface area (Å²) in [5.41, 5.74) is 8.09. The van der Waals surface area contributed by atoms with E-state index < -0.39 is 0 Å². The van der Waals surface area contributed by atoms with E-state index in [1.165, 1.54) is 6.07 Å². The molecule has 0 heterocycles. The molecule has 5 heteroatoms. The summed E-state index contributed by atoms with van der Waals surface area (Å²) in [5, 5.41) is 0. The van der Waals surface area contributed by atoms with E-state index in [2.05, 4.69) is 31.9 Å². The molecule has 0 saturated heterocycles. The highest BCUT2D eigenvalue weighted by molar-refractivity contribution is 9.10. The normalized spacial score (nSPS) is 12.2. The largest absolute Gasteiger partial charge is 0.496 e. The SMILES string of the molecule is COc1ccc(Br)cc1CC(N)c1ccc(F)c(Br)c1. The maximum absolute atomic E-state index is 13.2. The second-order valence-electron chi connectivity index (χ2n) is 4.44. The lowest BCUT2D eigenvalue weighted by atomic mass is 9.99. The van der Waals surface area contributed by atoms with E-state index in [-0.39, 0.29) is 11.9 Å². The van der Waals surface area contributed by atoms with Crippen LogP contribution >= 0.6 is 31.9 Å². The van der Waals surface area contributed by atoms with Crippen molar-refractivity contribution in [1.82, 2.24) is 0 Å². The van der Waals surface area contributed by atoms with Gasteiger partial charge in [0.2, 0.25) is 0 Å². The summed E-state index contributed by atoms with van der Waals surface area (Å²) in [6, 6.07) is 10.4. The van der Waals surface area contributed by atoms with Gasteiger partial charge in [-0.05, 0) is 63.8 Å². The fourth-order valence-electron chi connectivity index (χ4n) is 2.00. The fraction of sp³-hybridized carbons (Fsp3) is 0.200. The third kappa shape index (κ3) is 3.59. The molecule has 0 radical (unpaired) electrons. The highest BCUT2D eigenvalue weighted by Crippen LogP contribution is 2.28. The first-order valence-corrected chi connectivity index (χ1v) is 7.63. The number of ether oxygens (including phenoxy) is 1. The van der Waals surface area contributed by atoms with Crippen molar-refractivity contribution in [3.63, 3.8) is 0 Å². The Bertz CT molecular complexity index is 619. The van der Waals surface area contributed by atoms with Crippen LogP contribution in [-0.4, -0.2) is 7.11 Å². The van der Waals surface area contributed by atoms with Gasteiger partial charge < -0.3 is 10.5 Å². The maximum atomic E-state index is 13.2. The lowest BCUT2D eigenvalue weighted by Crippen LogP contribution is -2.14. The predicted molar refractivity (Wildman–Crippen MR) is 85.4 cm³/mol. The molecule has 1 unspecified atom stereocenters. The first kappa shape index (κ1) is 15.5. The third-order valence-corrected chi connectivity index (χ3v) is 4.16. The van der Waals surface area contributed by atoms with E-state index >= 15 is 0 Å². The van der Waals surface area contributed by atoms with Crippen LogP contribution in [0.4, 0.5) is 4.39 Å². The van der Waals surface area contributed by atoms with E-state index in [1.807, 2.05) is 18.2 Å². The molecule has 0 fully saturated rings. The highest BCUT2D eigenvalue weighted by atomic mass is 79.9. The fourth-order valence-corrected chi connectivity index (χ4v) is 2.81. The molecule has 2 rings (SSSR count). The Morgan fingerprint density at radius 3 is 2.60 bits per heavy atom. The van der Waals surface area contributed by atoms with Crippen molar-refractivity contribution in [1.29, 1.82) is 0 Å². The summed E-state index contributed by atoms with van der Waals surface area (Å²) in [6.45, 7) is 0. The molecule has 2 aromatic carbocycles. The molecule has 0 aliphatic heterocycles. The van der Waals surface area contributed by atoms with Crippen LogP contribution in [0.1, 0.15) is 17.2 Å².